The van der Waals surface area contributed by atoms with Crippen molar-refractivity contribution in [3.05, 3.63) is 0 Å². The minimum atomic E-state index is 0. The number of epoxide rings is 2. The molecule has 8 heavy (non-hydrogen) atoms. The van der Waals surface area contributed by atoms with Crippen LogP contribution in [0.1, 0.15) is 13.8 Å². The molecule has 0 aromatic carbocycles. The summed E-state index contributed by atoms with van der Waals surface area (Å²) in [6.07, 6.45) is 2.26. The van der Waals surface area contributed by atoms with Gasteiger partial charge in [-0.05, 0) is 0 Å². The lowest BCUT2D eigenvalue weighted by Crippen LogP contribution is -1.90. The third-order valence-corrected chi connectivity index (χ3v) is 1.33. The highest BCUT2D eigenvalue weighted by atomic mass is 16.6. The maximum Gasteiger partial charge on any atom is 0.0835 e. The quantitative estimate of drug-likeness (QED) is 0.499. The highest BCUT2D eigenvalue weighted by molar-refractivity contribution is 4.79. The van der Waals surface area contributed by atoms with Crippen LogP contribution < -0.4 is 0 Å². The second-order valence-electron chi connectivity index (χ2n) is 2.15. The van der Waals surface area contributed by atoms with Crippen LogP contribution in [-0.2, 0) is 9.47 Å². The molecule has 2 unspecified atom stereocenters. The molecule has 0 bridgehead atoms. The van der Waals surface area contributed by atoms with E-state index < -0.39 is 0 Å². The van der Waals surface area contributed by atoms with Crippen molar-refractivity contribution in [1.29, 1.82) is 0 Å². The highest BCUT2D eigenvalue weighted by Crippen LogP contribution is 2.23. The maximum absolute atomic E-state index is 4.98. The predicted molar refractivity (Wildman–Crippen MR) is 30.8 cm³/mol. The summed E-state index contributed by atoms with van der Waals surface area (Å²) in [5.41, 5.74) is 0. The van der Waals surface area contributed by atoms with Gasteiger partial charge in [-0.3, -0.25) is 0 Å². The summed E-state index contributed by atoms with van der Waals surface area (Å²) >= 11 is 0. The van der Waals surface area contributed by atoms with Gasteiger partial charge in [-0.1, -0.05) is 7.43 Å². The molecule has 2 saturated heterocycles. The van der Waals surface area contributed by atoms with Gasteiger partial charge in [0.2, 0.25) is 0 Å². The second kappa shape index (κ2) is 2.03. The summed E-state index contributed by atoms with van der Waals surface area (Å²) in [7, 11) is 0. The van der Waals surface area contributed by atoms with E-state index in [1.807, 2.05) is 0 Å². The molecule has 2 aliphatic rings. The van der Waals surface area contributed by atoms with Crippen molar-refractivity contribution in [1.82, 2.24) is 0 Å². The predicted octanol–water partition coefficient (Wildman–Crippen LogP) is 0.810. The molecule has 0 spiro atoms. The Morgan fingerprint density at radius 2 is 1.50 bits per heavy atom. The zero-order valence-corrected chi connectivity index (χ0v) is 4.09. The van der Waals surface area contributed by atoms with Crippen LogP contribution >= 0.6 is 0 Å². The van der Waals surface area contributed by atoms with Gasteiger partial charge in [0.1, 0.15) is 0 Å². The van der Waals surface area contributed by atoms with Crippen LogP contribution in [0.15, 0.2) is 0 Å². The van der Waals surface area contributed by atoms with Crippen LogP contribution in [0.5, 0.6) is 0 Å². The van der Waals surface area contributed by atoms with Gasteiger partial charge in [-0.2, -0.15) is 0 Å². The van der Waals surface area contributed by atoms with E-state index in [1.54, 1.807) is 0 Å². The summed E-state index contributed by atoms with van der Waals surface area (Å²) in [6, 6.07) is 0. The molecule has 2 heteroatoms. The fourth-order valence-electron chi connectivity index (χ4n) is 0.701. The van der Waals surface area contributed by atoms with E-state index in [0.717, 1.165) is 19.6 Å². The molecule has 2 atom stereocenters. The van der Waals surface area contributed by atoms with Crippen LogP contribution in [0.3, 0.4) is 0 Å². The zero-order chi connectivity index (χ0) is 4.69. The fourth-order valence-corrected chi connectivity index (χ4v) is 0.701. The van der Waals surface area contributed by atoms with Gasteiger partial charge in [0, 0.05) is 6.42 Å². The summed E-state index contributed by atoms with van der Waals surface area (Å²) in [5, 5.41) is 0. The van der Waals surface area contributed by atoms with Crippen molar-refractivity contribution in [2.45, 2.75) is 26.1 Å². The summed E-state index contributed by atoms with van der Waals surface area (Å²) in [4.78, 5) is 0. The third-order valence-electron chi connectivity index (χ3n) is 1.33. The number of hydrogen-bond acceptors (Lipinski definition) is 2. The van der Waals surface area contributed by atoms with Gasteiger partial charge in [0.05, 0.1) is 25.4 Å². The fraction of sp³-hybridized carbons (Fsp3) is 1.00. The number of rotatable bonds is 2. The van der Waals surface area contributed by atoms with Gasteiger partial charge in [0.15, 0.2) is 0 Å². The van der Waals surface area contributed by atoms with E-state index in [2.05, 4.69) is 0 Å². The van der Waals surface area contributed by atoms with Gasteiger partial charge in [-0.15, -0.1) is 0 Å². The molecule has 2 rings (SSSR count). The Kier molecular flexibility index (Phi) is 1.54. The van der Waals surface area contributed by atoms with Crippen LogP contribution in [0.4, 0.5) is 0 Å². The molecular weight excluding hydrogens is 104 g/mol. The van der Waals surface area contributed by atoms with Gasteiger partial charge in [0.25, 0.3) is 0 Å². The maximum atomic E-state index is 4.98. The van der Waals surface area contributed by atoms with E-state index in [9.17, 15) is 0 Å². The lowest BCUT2D eigenvalue weighted by atomic mass is 10.3. The van der Waals surface area contributed by atoms with Crippen molar-refractivity contribution >= 4 is 0 Å². The largest absolute Gasteiger partial charge is 0.373 e. The third kappa shape index (κ3) is 1.46. The molecule has 0 saturated carbocycles. The standard InChI is InChI=1S/C5H8O2.CH4/c1(4-2-6-4)5-3-7-5;/h4-5H,1-3H2;1H4. The smallest absolute Gasteiger partial charge is 0.0835 e. The summed E-state index contributed by atoms with van der Waals surface area (Å²) in [5.74, 6) is 0. The molecule has 0 aromatic heterocycles. The zero-order valence-electron chi connectivity index (χ0n) is 4.09. The Morgan fingerprint density at radius 3 is 1.75 bits per heavy atom. The normalized spacial score (nSPS) is 40.5. The van der Waals surface area contributed by atoms with Crippen LogP contribution in [0, 0.1) is 0 Å². The highest BCUT2D eigenvalue weighted by Gasteiger charge is 2.32. The second-order valence-corrected chi connectivity index (χ2v) is 2.15. The van der Waals surface area contributed by atoms with Crippen LogP contribution in [0.2, 0.25) is 0 Å². The van der Waals surface area contributed by atoms with Gasteiger partial charge >= 0.3 is 0 Å². The molecule has 48 valence electrons. The van der Waals surface area contributed by atoms with Crippen molar-refractivity contribution < 1.29 is 9.47 Å². The molecular formula is C6H12O2. The van der Waals surface area contributed by atoms with Crippen molar-refractivity contribution in [2.24, 2.45) is 0 Å². The molecule has 0 radical (unpaired) electrons. The van der Waals surface area contributed by atoms with E-state index >= 15 is 0 Å². The van der Waals surface area contributed by atoms with Crippen molar-refractivity contribution in [3.8, 4) is 0 Å². The molecule has 2 fully saturated rings. The van der Waals surface area contributed by atoms with Crippen LogP contribution in [-0.4, -0.2) is 25.4 Å². The van der Waals surface area contributed by atoms with E-state index in [1.165, 1.54) is 0 Å². The molecule has 0 N–H and O–H groups in total. The first-order valence-corrected chi connectivity index (χ1v) is 2.68. The molecule has 0 amide bonds. The summed E-state index contributed by atoms with van der Waals surface area (Å²) in [6.45, 7) is 1.94. The monoisotopic (exact) mass is 116 g/mol. The Balaban J connectivity index is 0.000000320. The lowest BCUT2D eigenvalue weighted by Gasteiger charge is -1.80. The van der Waals surface area contributed by atoms with E-state index in [4.69, 9.17) is 9.47 Å². The van der Waals surface area contributed by atoms with Gasteiger partial charge < -0.3 is 9.47 Å². The average Bonchev–Trinajstić information content (AvgIpc) is 2.33. The Bertz CT molecular complexity index is 64.6. The topological polar surface area (TPSA) is 25.1 Å². The SMILES string of the molecule is C.C1OC1CC1CO1. The number of ether oxygens (including phenoxy) is 2. The van der Waals surface area contributed by atoms with Gasteiger partial charge in [-0.25, -0.2) is 0 Å². The molecule has 2 heterocycles. The van der Waals surface area contributed by atoms with Crippen molar-refractivity contribution in [3.63, 3.8) is 0 Å². The first-order valence-electron chi connectivity index (χ1n) is 2.68. The van der Waals surface area contributed by atoms with Crippen LogP contribution in [0.25, 0.3) is 0 Å². The molecule has 2 aliphatic heterocycles. The van der Waals surface area contributed by atoms with E-state index in [-0.39, 0.29) is 7.43 Å². The van der Waals surface area contributed by atoms with E-state index in [0.29, 0.717) is 12.2 Å². The van der Waals surface area contributed by atoms with Crippen molar-refractivity contribution in [2.75, 3.05) is 13.2 Å². The molecule has 2 nitrogen and oxygen atoms in total. The minimum absolute atomic E-state index is 0. The molecule has 0 aliphatic carbocycles. The Hall–Kier alpha value is -0.0800. The first-order chi connectivity index (χ1) is 3.45. The Morgan fingerprint density at radius 1 is 1.12 bits per heavy atom. The first kappa shape index (κ1) is 6.05. The minimum Gasteiger partial charge on any atom is -0.373 e. The summed E-state index contributed by atoms with van der Waals surface area (Å²) < 4.78 is 9.96. The average molecular weight is 116 g/mol. The number of hydrogen-bond donors (Lipinski definition) is 0. The Labute approximate surface area is 49.8 Å². The lowest BCUT2D eigenvalue weighted by molar-refractivity contribution is 0.344. The molecule has 0 aromatic rings.